The summed E-state index contributed by atoms with van der Waals surface area (Å²) < 4.78 is 6.35. The molecule has 1 rings (SSSR count). The highest BCUT2D eigenvalue weighted by molar-refractivity contribution is 9.10. The fraction of sp³-hybridized carbons (Fsp3) is 0.533. The van der Waals surface area contributed by atoms with Crippen molar-refractivity contribution in [2.75, 3.05) is 0 Å². The first-order chi connectivity index (χ1) is 8.79. The van der Waals surface area contributed by atoms with Gasteiger partial charge in [-0.1, -0.05) is 34.1 Å². The first kappa shape index (κ1) is 16.2. The summed E-state index contributed by atoms with van der Waals surface area (Å²) in [5.41, 5.74) is 6.60. The van der Waals surface area contributed by atoms with E-state index in [9.17, 15) is 4.79 Å². The van der Waals surface area contributed by atoms with Crippen LogP contribution in [0.15, 0.2) is 28.7 Å². The molecule has 0 aliphatic heterocycles. The van der Waals surface area contributed by atoms with Gasteiger partial charge in [0.1, 0.15) is 11.6 Å². The number of hydrogen-bond acceptors (Lipinski definition) is 3. The lowest BCUT2D eigenvalue weighted by molar-refractivity contribution is -0.156. The largest absolute Gasteiger partial charge is 0.459 e. The number of halogens is 1. The second-order valence-electron chi connectivity index (χ2n) is 5.62. The first-order valence-corrected chi connectivity index (χ1v) is 7.31. The van der Waals surface area contributed by atoms with Crippen molar-refractivity contribution in [3.63, 3.8) is 0 Å². The minimum Gasteiger partial charge on any atom is -0.459 e. The summed E-state index contributed by atoms with van der Waals surface area (Å²) in [6.45, 7) is 5.54. The van der Waals surface area contributed by atoms with Gasteiger partial charge in [0.05, 0.1) is 0 Å². The fourth-order valence-corrected chi connectivity index (χ4v) is 2.19. The molecule has 0 radical (unpaired) electrons. The van der Waals surface area contributed by atoms with Gasteiger partial charge < -0.3 is 10.5 Å². The first-order valence-electron chi connectivity index (χ1n) is 6.51. The van der Waals surface area contributed by atoms with Crippen LogP contribution in [0.2, 0.25) is 0 Å². The van der Waals surface area contributed by atoms with Crippen molar-refractivity contribution >= 4 is 21.9 Å². The number of esters is 1. The molecule has 0 aliphatic carbocycles. The second-order valence-corrected chi connectivity index (χ2v) is 6.48. The molecular weight excluding hydrogens is 306 g/mol. The van der Waals surface area contributed by atoms with Crippen LogP contribution in [-0.4, -0.2) is 17.6 Å². The van der Waals surface area contributed by atoms with Crippen molar-refractivity contribution in [3.8, 4) is 0 Å². The van der Waals surface area contributed by atoms with Crippen LogP contribution in [-0.2, 0) is 16.0 Å². The third-order valence-corrected chi connectivity index (χ3v) is 3.40. The summed E-state index contributed by atoms with van der Waals surface area (Å²) in [6.07, 6.45) is 2.40. The lowest BCUT2D eigenvalue weighted by Gasteiger charge is -2.22. The average molecular weight is 328 g/mol. The lowest BCUT2D eigenvalue weighted by Crippen LogP contribution is -2.37. The van der Waals surface area contributed by atoms with E-state index in [0.29, 0.717) is 6.42 Å². The van der Waals surface area contributed by atoms with Crippen LogP contribution < -0.4 is 5.73 Å². The molecule has 0 spiro atoms. The van der Waals surface area contributed by atoms with Crippen LogP contribution in [0.5, 0.6) is 0 Å². The van der Waals surface area contributed by atoms with E-state index < -0.39 is 11.6 Å². The van der Waals surface area contributed by atoms with E-state index in [1.807, 2.05) is 39.0 Å². The molecule has 0 heterocycles. The molecule has 0 aromatic heterocycles. The zero-order chi connectivity index (χ0) is 14.5. The molecule has 1 aromatic carbocycles. The molecule has 0 saturated heterocycles. The van der Waals surface area contributed by atoms with E-state index in [1.165, 1.54) is 5.56 Å². The molecular formula is C15H22BrNO2. The van der Waals surface area contributed by atoms with Gasteiger partial charge in [-0.25, -0.2) is 0 Å². The van der Waals surface area contributed by atoms with Crippen molar-refractivity contribution in [1.29, 1.82) is 0 Å². The standard InChI is InChI=1S/C15H22BrNO2/c1-15(2,3)19-14(18)13(17)10-6-8-11-7-4-5-9-12(11)16/h4-5,7,9,13H,6,8,10,17H2,1-3H3. The molecule has 0 bridgehead atoms. The number of benzene rings is 1. The maximum absolute atomic E-state index is 11.7. The maximum Gasteiger partial charge on any atom is 0.323 e. The van der Waals surface area contributed by atoms with Crippen molar-refractivity contribution in [1.82, 2.24) is 0 Å². The molecule has 1 unspecified atom stereocenters. The highest BCUT2D eigenvalue weighted by Crippen LogP contribution is 2.18. The Morgan fingerprint density at radius 1 is 1.37 bits per heavy atom. The number of nitrogens with two attached hydrogens (primary N) is 1. The number of hydrogen-bond donors (Lipinski definition) is 1. The summed E-state index contributed by atoms with van der Waals surface area (Å²) in [4.78, 5) is 11.7. The minimum atomic E-state index is -0.540. The molecule has 0 aliphatic rings. The molecule has 106 valence electrons. The Morgan fingerprint density at radius 3 is 2.58 bits per heavy atom. The van der Waals surface area contributed by atoms with Crippen LogP contribution >= 0.6 is 15.9 Å². The number of aryl methyl sites for hydroxylation is 1. The third-order valence-electron chi connectivity index (χ3n) is 2.63. The predicted octanol–water partition coefficient (Wildman–Crippen LogP) is 3.44. The molecule has 4 heteroatoms. The molecule has 0 saturated carbocycles. The number of ether oxygens (including phenoxy) is 1. The Balaban J connectivity index is 2.37. The lowest BCUT2D eigenvalue weighted by atomic mass is 10.0. The van der Waals surface area contributed by atoms with E-state index in [0.717, 1.165) is 17.3 Å². The summed E-state index contributed by atoms with van der Waals surface area (Å²) in [7, 11) is 0. The zero-order valence-corrected chi connectivity index (χ0v) is 13.4. The van der Waals surface area contributed by atoms with E-state index in [4.69, 9.17) is 10.5 Å². The summed E-state index contributed by atoms with van der Waals surface area (Å²) in [5, 5.41) is 0. The van der Waals surface area contributed by atoms with Gasteiger partial charge in [0.25, 0.3) is 0 Å². The van der Waals surface area contributed by atoms with Gasteiger partial charge in [0, 0.05) is 4.47 Å². The quantitative estimate of drug-likeness (QED) is 0.843. The maximum atomic E-state index is 11.7. The highest BCUT2D eigenvalue weighted by Gasteiger charge is 2.21. The van der Waals surface area contributed by atoms with Gasteiger partial charge in [-0.3, -0.25) is 4.79 Å². The number of rotatable bonds is 5. The van der Waals surface area contributed by atoms with Gasteiger partial charge >= 0.3 is 5.97 Å². The second kappa shape index (κ2) is 7.06. The molecule has 3 nitrogen and oxygen atoms in total. The molecule has 0 fully saturated rings. The Labute approximate surface area is 123 Å². The van der Waals surface area contributed by atoms with Crippen molar-refractivity contribution < 1.29 is 9.53 Å². The van der Waals surface area contributed by atoms with E-state index >= 15 is 0 Å². The average Bonchev–Trinajstić information content (AvgIpc) is 2.29. The van der Waals surface area contributed by atoms with Crippen molar-refractivity contribution in [3.05, 3.63) is 34.3 Å². The highest BCUT2D eigenvalue weighted by atomic mass is 79.9. The third kappa shape index (κ3) is 6.21. The fourth-order valence-electron chi connectivity index (χ4n) is 1.71. The Kier molecular flexibility index (Phi) is 6.01. The van der Waals surface area contributed by atoms with E-state index in [-0.39, 0.29) is 5.97 Å². The van der Waals surface area contributed by atoms with Gasteiger partial charge in [-0.05, 0) is 51.7 Å². The normalized spacial score (nSPS) is 13.1. The topological polar surface area (TPSA) is 52.3 Å². The summed E-state index contributed by atoms with van der Waals surface area (Å²) in [5.74, 6) is -0.320. The smallest absolute Gasteiger partial charge is 0.323 e. The van der Waals surface area contributed by atoms with Crippen molar-refractivity contribution in [2.45, 2.75) is 51.7 Å². The van der Waals surface area contributed by atoms with E-state index in [2.05, 4.69) is 22.0 Å². The Hall–Kier alpha value is -0.870. The van der Waals surface area contributed by atoms with Crippen LogP contribution in [0.4, 0.5) is 0 Å². The molecule has 2 N–H and O–H groups in total. The molecule has 19 heavy (non-hydrogen) atoms. The van der Waals surface area contributed by atoms with Gasteiger partial charge in [-0.15, -0.1) is 0 Å². The van der Waals surface area contributed by atoms with Crippen LogP contribution in [0.1, 0.15) is 39.2 Å². The predicted molar refractivity (Wildman–Crippen MR) is 80.9 cm³/mol. The summed E-state index contributed by atoms with van der Waals surface area (Å²) >= 11 is 3.51. The molecule has 1 atom stereocenters. The minimum absolute atomic E-state index is 0.320. The summed E-state index contributed by atoms with van der Waals surface area (Å²) in [6, 6.07) is 7.54. The van der Waals surface area contributed by atoms with Crippen LogP contribution in [0.3, 0.4) is 0 Å². The molecule has 1 aromatic rings. The van der Waals surface area contributed by atoms with Gasteiger partial charge in [0.2, 0.25) is 0 Å². The van der Waals surface area contributed by atoms with Gasteiger partial charge in [0.15, 0.2) is 0 Å². The number of carbonyl (C=O) groups excluding carboxylic acids is 1. The van der Waals surface area contributed by atoms with E-state index in [1.54, 1.807) is 0 Å². The van der Waals surface area contributed by atoms with Gasteiger partial charge in [-0.2, -0.15) is 0 Å². The monoisotopic (exact) mass is 327 g/mol. The van der Waals surface area contributed by atoms with Crippen molar-refractivity contribution in [2.24, 2.45) is 5.73 Å². The number of carbonyl (C=O) groups is 1. The Morgan fingerprint density at radius 2 is 2.00 bits per heavy atom. The van der Waals surface area contributed by atoms with Crippen LogP contribution in [0, 0.1) is 0 Å². The molecule has 0 amide bonds. The Bertz CT molecular complexity index is 426. The van der Waals surface area contributed by atoms with Crippen LogP contribution in [0.25, 0.3) is 0 Å². The zero-order valence-electron chi connectivity index (χ0n) is 11.8. The SMILES string of the molecule is CC(C)(C)OC(=O)C(N)CCCc1ccccc1Br.